The predicted molar refractivity (Wildman–Crippen MR) is 114 cm³/mol. The fraction of sp³-hybridized carbons (Fsp3) is 0.409. The Bertz CT molecular complexity index is 947. The number of amides is 1. The molecule has 7 heteroatoms. The highest BCUT2D eigenvalue weighted by atomic mass is 32.2. The van der Waals surface area contributed by atoms with Crippen LogP contribution in [0.25, 0.3) is 0 Å². The Hall–Kier alpha value is -2.38. The zero-order chi connectivity index (χ0) is 21.0. The molecule has 0 radical (unpaired) electrons. The summed E-state index contributed by atoms with van der Waals surface area (Å²) in [5.74, 6) is 0.949. The van der Waals surface area contributed by atoms with E-state index < -0.39 is 10.0 Å². The van der Waals surface area contributed by atoms with Gasteiger partial charge in [-0.05, 0) is 61.6 Å². The quantitative estimate of drug-likeness (QED) is 0.772. The zero-order valence-corrected chi connectivity index (χ0v) is 17.9. The summed E-state index contributed by atoms with van der Waals surface area (Å²) in [4.78, 5) is 12.8. The minimum absolute atomic E-state index is 0.213. The van der Waals surface area contributed by atoms with E-state index in [0.29, 0.717) is 48.5 Å². The molecule has 2 atom stereocenters. The van der Waals surface area contributed by atoms with E-state index in [1.54, 1.807) is 28.6 Å². The van der Waals surface area contributed by atoms with Crippen LogP contribution in [-0.4, -0.2) is 38.3 Å². The Balaban J connectivity index is 1.75. The number of hydrogen-bond acceptors (Lipinski definition) is 4. The molecule has 0 aliphatic carbocycles. The second-order valence-electron chi connectivity index (χ2n) is 7.68. The van der Waals surface area contributed by atoms with Gasteiger partial charge in [0.25, 0.3) is 5.91 Å². The summed E-state index contributed by atoms with van der Waals surface area (Å²) < 4.78 is 33.0. The van der Waals surface area contributed by atoms with Crippen LogP contribution in [0.4, 0.5) is 5.69 Å². The molecule has 1 heterocycles. The highest BCUT2D eigenvalue weighted by Crippen LogP contribution is 2.27. The van der Waals surface area contributed by atoms with Crippen LogP contribution in [0.3, 0.4) is 0 Å². The highest BCUT2D eigenvalue weighted by Gasteiger charge is 2.31. The summed E-state index contributed by atoms with van der Waals surface area (Å²) in [5, 5.41) is 2.82. The molecule has 6 nitrogen and oxygen atoms in total. The number of sulfonamides is 1. The van der Waals surface area contributed by atoms with Crippen molar-refractivity contribution in [3.8, 4) is 5.75 Å². The molecular weight excluding hydrogens is 388 g/mol. The number of benzene rings is 2. The van der Waals surface area contributed by atoms with E-state index in [1.807, 2.05) is 19.1 Å². The van der Waals surface area contributed by atoms with Crippen molar-refractivity contribution in [2.24, 2.45) is 11.8 Å². The predicted octanol–water partition coefficient (Wildman–Crippen LogP) is 4.00. The van der Waals surface area contributed by atoms with Crippen molar-refractivity contribution in [2.75, 3.05) is 25.0 Å². The van der Waals surface area contributed by atoms with Gasteiger partial charge in [-0.25, -0.2) is 8.42 Å². The molecule has 0 spiro atoms. The molecule has 29 heavy (non-hydrogen) atoms. The SMILES string of the molecule is CCOc1ccccc1NC(=O)c1ccc(S(=O)(=O)N2C[C@H](C)C[C@@H](C)C2)cc1. The average molecular weight is 417 g/mol. The molecule has 1 fully saturated rings. The minimum atomic E-state index is -3.56. The Morgan fingerprint density at radius 3 is 2.31 bits per heavy atom. The zero-order valence-electron chi connectivity index (χ0n) is 17.1. The van der Waals surface area contributed by atoms with Gasteiger partial charge < -0.3 is 10.1 Å². The van der Waals surface area contributed by atoms with Gasteiger partial charge in [0.15, 0.2) is 0 Å². The second-order valence-corrected chi connectivity index (χ2v) is 9.61. The topological polar surface area (TPSA) is 75.7 Å². The lowest BCUT2D eigenvalue weighted by molar-refractivity contribution is 0.102. The van der Waals surface area contributed by atoms with Crippen molar-refractivity contribution in [1.29, 1.82) is 0 Å². The smallest absolute Gasteiger partial charge is 0.255 e. The van der Waals surface area contributed by atoms with Crippen molar-refractivity contribution in [3.63, 3.8) is 0 Å². The van der Waals surface area contributed by atoms with E-state index in [4.69, 9.17) is 4.74 Å². The fourth-order valence-corrected chi connectivity index (χ4v) is 5.45. The van der Waals surface area contributed by atoms with Gasteiger partial charge in [-0.3, -0.25) is 4.79 Å². The average Bonchev–Trinajstić information content (AvgIpc) is 2.69. The normalized spacial score (nSPS) is 20.2. The number of nitrogens with one attached hydrogen (secondary N) is 1. The number of rotatable bonds is 6. The number of nitrogens with zero attached hydrogens (tertiary/aromatic N) is 1. The maximum absolute atomic E-state index is 13.0. The number of piperidine rings is 1. The fourth-order valence-electron chi connectivity index (χ4n) is 3.78. The van der Waals surface area contributed by atoms with E-state index in [1.165, 1.54) is 12.1 Å². The van der Waals surface area contributed by atoms with Crippen LogP contribution in [0.2, 0.25) is 0 Å². The molecule has 0 aromatic heterocycles. The van der Waals surface area contributed by atoms with Crippen molar-refractivity contribution >= 4 is 21.6 Å². The monoisotopic (exact) mass is 416 g/mol. The molecule has 1 saturated heterocycles. The number of hydrogen-bond donors (Lipinski definition) is 1. The Morgan fingerprint density at radius 2 is 1.69 bits per heavy atom. The lowest BCUT2D eigenvalue weighted by Gasteiger charge is -2.34. The largest absolute Gasteiger partial charge is 0.492 e. The molecule has 1 amide bonds. The van der Waals surface area contributed by atoms with Crippen molar-refractivity contribution < 1.29 is 17.9 Å². The summed E-state index contributed by atoms with van der Waals surface area (Å²) >= 11 is 0. The standard InChI is InChI=1S/C22H28N2O4S/c1-4-28-21-8-6-5-7-20(21)23-22(25)18-9-11-19(12-10-18)29(26,27)24-14-16(2)13-17(3)15-24/h5-12,16-17H,4,13-15H2,1-3H3,(H,23,25)/t16-,17-/m1/s1. The van der Waals surface area contributed by atoms with Crippen molar-refractivity contribution in [3.05, 3.63) is 54.1 Å². The van der Waals surface area contributed by atoms with E-state index in [0.717, 1.165) is 6.42 Å². The van der Waals surface area contributed by atoms with Gasteiger partial charge >= 0.3 is 0 Å². The molecule has 2 aromatic rings. The van der Waals surface area contributed by atoms with Gasteiger partial charge in [-0.1, -0.05) is 26.0 Å². The summed E-state index contributed by atoms with van der Waals surface area (Å²) in [6.07, 6.45) is 1.04. The Labute approximate surface area is 172 Å². The Morgan fingerprint density at radius 1 is 1.07 bits per heavy atom. The summed E-state index contributed by atoms with van der Waals surface area (Å²) in [5.41, 5.74) is 0.961. The van der Waals surface area contributed by atoms with Gasteiger partial charge in [-0.2, -0.15) is 4.31 Å². The molecule has 0 saturated carbocycles. The van der Waals surface area contributed by atoms with Crippen LogP contribution < -0.4 is 10.1 Å². The maximum atomic E-state index is 13.0. The van der Waals surface area contributed by atoms with E-state index in [2.05, 4.69) is 19.2 Å². The summed E-state index contributed by atoms with van der Waals surface area (Å²) in [7, 11) is -3.56. The number of anilines is 1. The lowest BCUT2D eigenvalue weighted by atomic mass is 9.94. The molecule has 3 rings (SSSR count). The van der Waals surface area contributed by atoms with Crippen molar-refractivity contribution in [2.45, 2.75) is 32.1 Å². The number of carbonyl (C=O) groups is 1. The van der Waals surface area contributed by atoms with Crippen LogP contribution >= 0.6 is 0 Å². The summed E-state index contributed by atoms with van der Waals surface area (Å²) in [6, 6.07) is 13.3. The number of ether oxygens (including phenoxy) is 1. The third-order valence-corrected chi connectivity index (χ3v) is 6.87. The van der Waals surface area contributed by atoms with Crippen LogP contribution in [-0.2, 0) is 10.0 Å². The molecule has 2 aromatic carbocycles. The molecular formula is C22H28N2O4S. The molecule has 1 N–H and O–H groups in total. The van der Waals surface area contributed by atoms with Gasteiger partial charge in [0.2, 0.25) is 10.0 Å². The van der Waals surface area contributed by atoms with E-state index in [-0.39, 0.29) is 10.8 Å². The first-order valence-corrected chi connectivity index (χ1v) is 11.4. The first-order chi connectivity index (χ1) is 13.8. The van der Waals surface area contributed by atoms with Crippen LogP contribution in [0.1, 0.15) is 37.6 Å². The number of carbonyl (C=O) groups excluding carboxylic acids is 1. The van der Waals surface area contributed by atoms with Gasteiger partial charge in [0, 0.05) is 18.7 Å². The van der Waals surface area contributed by atoms with Crippen LogP contribution in [0.15, 0.2) is 53.4 Å². The molecule has 156 valence electrons. The third kappa shape index (κ3) is 4.97. The lowest BCUT2D eigenvalue weighted by Crippen LogP contribution is -2.42. The highest BCUT2D eigenvalue weighted by molar-refractivity contribution is 7.89. The minimum Gasteiger partial charge on any atom is -0.492 e. The molecule has 1 aliphatic rings. The van der Waals surface area contributed by atoms with E-state index >= 15 is 0 Å². The Kier molecular flexibility index (Phi) is 6.59. The first kappa shape index (κ1) is 21.3. The van der Waals surface area contributed by atoms with Gasteiger partial charge in [-0.15, -0.1) is 0 Å². The van der Waals surface area contributed by atoms with Crippen molar-refractivity contribution in [1.82, 2.24) is 4.31 Å². The second kappa shape index (κ2) is 8.97. The molecule has 0 unspecified atom stereocenters. The summed E-state index contributed by atoms with van der Waals surface area (Å²) in [6.45, 7) is 7.58. The number of para-hydroxylation sites is 2. The first-order valence-electron chi connectivity index (χ1n) is 9.94. The van der Waals surface area contributed by atoms with Gasteiger partial charge in [0.05, 0.1) is 17.2 Å². The molecule has 0 bridgehead atoms. The van der Waals surface area contributed by atoms with Gasteiger partial charge in [0.1, 0.15) is 5.75 Å². The van der Waals surface area contributed by atoms with Crippen LogP contribution in [0.5, 0.6) is 5.75 Å². The molecule has 1 aliphatic heterocycles. The maximum Gasteiger partial charge on any atom is 0.255 e. The van der Waals surface area contributed by atoms with E-state index in [9.17, 15) is 13.2 Å². The third-order valence-electron chi connectivity index (χ3n) is 5.02. The van der Waals surface area contributed by atoms with Crippen LogP contribution in [0, 0.1) is 11.8 Å².